The van der Waals surface area contributed by atoms with E-state index in [2.05, 4.69) is 0 Å². The summed E-state index contributed by atoms with van der Waals surface area (Å²) in [6.45, 7) is 1.86. The van der Waals surface area contributed by atoms with Crippen molar-refractivity contribution >= 4 is 5.97 Å². The zero-order chi connectivity index (χ0) is 17.9. The molecule has 0 amide bonds. The Bertz CT molecular complexity index is 384. The zero-order valence-electron chi connectivity index (χ0n) is 14.5. The maximum atomic E-state index is 10.4. The van der Waals surface area contributed by atoms with Crippen LogP contribution in [0.3, 0.4) is 0 Å². The van der Waals surface area contributed by atoms with Gasteiger partial charge in [-0.3, -0.25) is 4.79 Å². The van der Waals surface area contributed by atoms with E-state index in [1.54, 1.807) is 6.08 Å². The molecule has 0 aromatic heterocycles. The third-order valence-electron chi connectivity index (χ3n) is 4.46. The smallest absolute Gasteiger partial charge is 0.303 e. The van der Waals surface area contributed by atoms with Crippen molar-refractivity contribution in [3.8, 4) is 0 Å². The summed E-state index contributed by atoms with van der Waals surface area (Å²) in [7, 11) is 0. The van der Waals surface area contributed by atoms with Gasteiger partial charge in [-0.25, -0.2) is 0 Å². The lowest BCUT2D eigenvalue weighted by Crippen LogP contribution is -2.25. The molecular weight excluding hydrogens is 312 g/mol. The first-order chi connectivity index (χ1) is 11.4. The monoisotopic (exact) mass is 344 g/mol. The number of unbranched alkanes of at least 4 members (excludes halogenated alkanes) is 4. The van der Waals surface area contributed by atoms with Gasteiger partial charge in [-0.2, -0.15) is 0 Å². The average molecular weight is 344 g/mol. The highest BCUT2D eigenvalue weighted by Gasteiger charge is 2.36. The molecule has 1 fully saturated rings. The van der Waals surface area contributed by atoms with Crippen molar-refractivity contribution in [3.63, 3.8) is 0 Å². The fraction of sp³-hybridized carbons (Fsp3) is 0.833. The van der Waals surface area contributed by atoms with Crippen LogP contribution >= 0.6 is 0 Å². The molecule has 1 aliphatic rings. The lowest BCUT2D eigenvalue weighted by molar-refractivity contribution is -0.137. The minimum Gasteiger partial charge on any atom is -0.481 e. The van der Waals surface area contributed by atoms with Crippen molar-refractivity contribution in [1.82, 2.24) is 0 Å². The van der Waals surface area contributed by atoms with Crippen molar-refractivity contribution in [2.75, 3.05) is 0 Å². The molecule has 0 spiro atoms. The number of aliphatic carboxylic acids is 1. The first kappa shape index (κ1) is 21.1. The van der Waals surface area contributed by atoms with Crippen LogP contribution in [0.25, 0.3) is 0 Å². The van der Waals surface area contributed by atoms with Crippen LogP contribution in [0.5, 0.6) is 0 Å². The average Bonchev–Trinajstić information content (AvgIpc) is 2.92. The van der Waals surface area contributed by atoms with Gasteiger partial charge in [0, 0.05) is 12.8 Å². The van der Waals surface area contributed by atoms with Crippen molar-refractivity contribution in [2.24, 2.45) is 0 Å². The molecule has 0 saturated carbocycles. The molecular formula is C18H32O6. The Balaban J connectivity index is 2.19. The van der Waals surface area contributed by atoms with Crippen molar-refractivity contribution in [2.45, 2.75) is 95.2 Å². The quantitative estimate of drug-likeness (QED) is 0.319. The van der Waals surface area contributed by atoms with E-state index >= 15 is 0 Å². The summed E-state index contributed by atoms with van der Waals surface area (Å²) in [5, 5.41) is 38.1. The molecule has 0 bridgehead atoms. The molecule has 1 saturated heterocycles. The predicted octanol–water partition coefficient (Wildman–Crippen LogP) is 2.01. The van der Waals surface area contributed by atoms with Crippen LogP contribution in [-0.2, 0) is 9.53 Å². The summed E-state index contributed by atoms with van der Waals surface area (Å²) in [4.78, 5) is 10.4. The van der Waals surface area contributed by atoms with Crippen LogP contribution in [0.15, 0.2) is 12.2 Å². The number of carboxylic acid groups (broad SMARTS) is 1. The van der Waals surface area contributed by atoms with Crippen molar-refractivity contribution in [1.29, 1.82) is 0 Å². The Morgan fingerprint density at radius 3 is 2.50 bits per heavy atom. The summed E-state index contributed by atoms with van der Waals surface area (Å²) in [6, 6.07) is 0. The van der Waals surface area contributed by atoms with Gasteiger partial charge < -0.3 is 25.2 Å². The van der Waals surface area contributed by atoms with Gasteiger partial charge in [0.2, 0.25) is 0 Å². The first-order valence-electron chi connectivity index (χ1n) is 9.03. The number of carboxylic acids is 1. The molecule has 140 valence electrons. The summed E-state index contributed by atoms with van der Waals surface area (Å²) in [5.74, 6) is -0.748. The van der Waals surface area contributed by atoms with Gasteiger partial charge in [0.1, 0.15) is 0 Å². The number of ether oxygens (including phenoxy) is 1. The Hall–Kier alpha value is -0.950. The molecule has 6 heteroatoms. The molecule has 0 aromatic rings. The SMILES string of the molecule is CC[C@@H](O)/C=C/[C@H](O)[C@@H]1C[C@H](O)[C@H](CCCCCCCC(=O)O)O1. The highest BCUT2D eigenvalue weighted by atomic mass is 16.5. The molecule has 0 aromatic carbocycles. The van der Waals surface area contributed by atoms with E-state index in [0.29, 0.717) is 19.3 Å². The van der Waals surface area contributed by atoms with E-state index in [9.17, 15) is 20.1 Å². The van der Waals surface area contributed by atoms with Crippen LogP contribution in [-0.4, -0.2) is 56.9 Å². The summed E-state index contributed by atoms with van der Waals surface area (Å²) < 4.78 is 5.75. The molecule has 6 nitrogen and oxygen atoms in total. The largest absolute Gasteiger partial charge is 0.481 e. The predicted molar refractivity (Wildman–Crippen MR) is 90.7 cm³/mol. The highest BCUT2D eigenvalue weighted by molar-refractivity contribution is 5.66. The van der Waals surface area contributed by atoms with E-state index in [1.807, 2.05) is 6.92 Å². The highest BCUT2D eigenvalue weighted by Crippen LogP contribution is 2.27. The number of rotatable bonds is 12. The van der Waals surface area contributed by atoms with Crippen molar-refractivity contribution in [3.05, 3.63) is 12.2 Å². The fourth-order valence-corrected chi connectivity index (χ4v) is 2.90. The molecule has 1 heterocycles. The third kappa shape index (κ3) is 8.24. The van der Waals surface area contributed by atoms with Crippen LogP contribution in [0, 0.1) is 0 Å². The van der Waals surface area contributed by atoms with Gasteiger partial charge in [0.15, 0.2) is 0 Å². The third-order valence-corrected chi connectivity index (χ3v) is 4.46. The Labute approximate surface area is 144 Å². The maximum absolute atomic E-state index is 10.4. The molecule has 0 aliphatic carbocycles. The molecule has 0 radical (unpaired) electrons. The van der Waals surface area contributed by atoms with Gasteiger partial charge in [-0.05, 0) is 19.3 Å². The van der Waals surface area contributed by atoms with Crippen LogP contribution in [0.1, 0.15) is 64.7 Å². The molecule has 4 N–H and O–H groups in total. The summed E-state index contributed by atoms with van der Waals surface area (Å²) >= 11 is 0. The molecule has 5 atom stereocenters. The number of aliphatic hydroxyl groups excluding tert-OH is 3. The second-order valence-electron chi connectivity index (χ2n) is 6.57. The summed E-state index contributed by atoms with van der Waals surface area (Å²) in [6.07, 6.45) is 6.93. The van der Waals surface area contributed by atoms with Crippen LogP contribution in [0.4, 0.5) is 0 Å². The van der Waals surface area contributed by atoms with E-state index in [4.69, 9.17) is 9.84 Å². The topological polar surface area (TPSA) is 107 Å². The van der Waals surface area contributed by atoms with E-state index < -0.39 is 30.4 Å². The lowest BCUT2D eigenvalue weighted by atomic mass is 10.0. The lowest BCUT2D eigenvalue weighted by Gasteiger charge is -2.17. The van der Waals surface area contributed by atoms with Gasteiger partial charge in [-0.15, -0.1) is 0 Å². The van der Waals surface area contributed by atoms with Gasteiger partial charge in [0.05, 0.1) is 30.5 Å². The number of hydrogen-bond donors (Lipinski definition) is 4. The normalized spacial score (nSPS) is 26.8. The van der Waals surface area contributed by atoms with Gasteiger partial charge in [0.25, 0.3) is 0 Å². The van der Waals surface area contributed by atoms with Crippen LogP contribution in [0.2, 0.25) is 0 Å². The Morgan fingerprint density at radius 2 is 1.83 bits per heavy atom. The Kier molecular flexibility index (Phi) is 10.2. The van der Waals surface area contributed by atoms with E-state index in [1.165, 1.54) is 6.08 Å². The zero-order valence-corrected chi connectivity index (χ0v) is 14.5. The number of aliphatic hydroxyl groups is 3. The van der Waals surface area contributed by atoms with Crippen molar-refractivity contribution < 1.29 is 30.0 Å². The van der Waals surface area contributed by atoms with Gasteiger partial charge in [-0.1, -0.05) is 44.8 Å². The molecule has 1 rings (SSSR count). The Morgan fingerprint density at radius 1 is 1.17 bits per heavy atom. The minimum atomic E-state index is -0.818. The standard InChI is InChI=1S/C18H32O6/c1-2-13(19)10-11-14(20)17-12-15(21)16(24-17)8-6-4-3-5-7-9-18(22)23/h10-11,13-17,19-21H,2-9,12H2,1H3,(H,22,23)/b11-10+/t13-,14+,15+,16+,17+/m1/s1. The van der Waals surface area contributed by atoms with E-state index in [0.717, 1.165) is 32.1 Å². The number of hydrogen-bond acceptors (Lipinski definition) is 5. The molecule has 1 aliphatic heterocycles. The van der Waals surface area contributed by atoms with Crippen LogP contribution < -0.4 is 0 Å². The van der Waals surface area contributed by atoms with Gasteiger partial charge >= 0.3 is 5.97 Å². The second-order valence-corrected chi connectivity index (χ2v) is 6.57. The number of carbonyl (C=O) groups is 1. The fourth-order valence-electron chi connectivity index (χ4n) is 2.90. The second kappa shape index (κ2) is 11.6. The maximum Gasteiger partial charge on any atom is 0.303 e. The summed E-state index contributed by atoms with van der Waals surface area (Å²) in [5.41, 5.74) is 0. The molecule has 0 unspecified atom stereocenters. The van der Waals surface area contributed by atoms with E-state index in [-0.39, 0.29) is 12.5 Å². The first-order valence-corrected chi connectivity index (χ1v) is 9.03. The minimum absolute atomic E-state index is 0.226. The molecule has 24 heavy (non-hydrogen) atoms.